The van der Waals surface area contributed by atoms with Crippen LogP contribution in [0.1, 0.15) is 16.8 Å². The second kappa shape index (κ2) is 6.34. The molecule has 2 aromatic rings. The van der Waals surface area contributed by atoms with Gasteiger partial charge in [0.25, 0.3) is 0 Å². The monoisotopic (exact) mass is 312 g/mol. The number of aromatic nitrogens is 1. The normalized spacial score (nSPS) is 11.5. The molecule has 0 aliphatic heterocycles. The minimum atomic E-state index is -3.51. The van der Waals surface area contributed by atoms with Crippen molar-refractivity contribution in [2.75, 3.05) is 6.61 Å². The predicted molar refractivity (Wildman–Crippen MR) is 78.5 cm³/mol. The zero-order valence-corrected chi connectivity index (χ0v) is 12.9. The first kappa shape index (κ1) is 15.0. The van der Waals surface area contributed by atoms with Crippen LogP contribution in [0.5, 0.6) is 5.75 Å². The Bertz CT molecular complexity index is 663. The molecule has 1 aromatic heterocycles. The van der Waals surface area contributed by atoms with E-state index in [0.29, 0.717) is 12.4 Å². The van der Waals surface area contributed by atoms with Crippen LogP contribution in [0.2, 0.25) is 0 Å². The number of hydrogen-bond donors (Lipinski definition) is 1. The Labute approximate surface area is 122 Å². The van der Waals surface area contributed by atoms with Crippen LogP contribution in [0, 0.1) is 6.92 Å². The molecule has 0 unspecified atom stereocenters. The Morgan fingerprint density at radius 3 is 2.55 bits per heavy atom. The third-order valence-corrected chi connectivity index (χ3v) is 4.88. The number of hydrogen-bond acceptors (Lipinski definition) is 5. The van der Waals surface area contributed by atoms with Gasteiger partial charge in [-0.1, -0.05) is 0 Å². The van der Waals surface area contributed by atoms with Crippen LogP contribution in [0.3, 0.4) is 0 Å². The molecule has 0 saturated heterocycles. The lowest BCUT2D eigenvalue weighted by atomic mass is 10.3. The van der Waals surface area contributed by atoms with Gasteiger partial charge >= 0.3 is 0 Å². The van der Waals surface area contributed by atoms with E-state index in [1.807, 2.05) is 13.8 Å². The van der Waals surface area contributed by atoms with Gasteiger partial charge in [-0.25, -0.2) is 18.1 Å². The highest BCUT2D eigenvalue weighted by molar-refractivity contribution is 7.89. The Morgan fingerprint density at radius 1 is 1.30 bits per heavy atom. The van der Waals surface area contributed by atoms with Crippen molar-refractivity contribution in [2.24, 2.45) is 0 Å². The minimum absolute atomic E-state index is 0.224. The molecule has 0 radical (unpaired) electrons. The molecule has 108 valence electrons. The molecule has 0 aliphatic rings. The fourth-order valence-electron chi connectivity index (χ4n) is 1.62. The van der Waals surface area contributed by atoms with Gasteiger partial charge in [0.2, 0.25) is 10.0 Å². The van der Waals surface area contributed by atoms with Gasteiger partial charge in [-0.3, -0.25) is 0 Å². The highest BCUT2D eigenvalue weighted by atomic mass is 32.2. The molecule has 0 saturated carbocycles. The van der Waals surface area contributed by atoms with E-state index < -0.39 is 10.0 Å². The van der Waals surface area contributed by atoms with E-state index in [9.17, 15) is 8.42 Å². The summed E-state index contributed by atoms with van der Waals surface area (Å²) in [6, 6.07) is 6.36. The summed E-state index contributed by atoms with van der Waals surface area (Å²) in [5.74, 6) is 0.657. The van der Waals surface area contributed by atoms with Gasteiger partial charge in [-0.2, -0.15) is 0 Å². The molecule has 1 N–H and O–H groups in total. The third kappa shape index (κ3) is 3.78. The number of aryl methyl sites for hydroxylation is 1. The topological polar surface area (TPSA) is 68.3 Å². The molecule has 0 aliphatic carbocycles. The second-order valence-corrected chi connectivity index (χ2v) is 7.16. The van der Waals surface area contributed by atoms with Crippen LogP contribution >= 0.6 is 11.3 Å². The van der Waals surface area contributed by atoms with Gasteiger partial charge in [0.05, 0.1) is 16.5 Å². The van der Waals surface area contributed by atoms with Crippen LogP contribution in [0.4, 0.5) is 0 Å². The maximum Gasteiger partial charge on any atom is 0.240 e. The van der Waals surface area contributed by atoms with Crippen LogP contribution in [0.15, 0.2) is 35.4 Å². The Balaban J connectivity index is 2.05. The lowest BCUT2D eigenvalue weighted by molar-refractivity contribution is 0.340. The van der Waals surface area contributed by atoms with Gasteiger partial charge in [0.15, 0.2) is 0 Å². The van der Waals surface area contributed by atoms with E-state index in [2.05, 4.69) is 9.71 Å². The number of sulfonamides is 1. The van der Waals surface area contributed by atoms with Crippen LogP contribution in [0.25, 0.3) is 0 Å². The first-order chi connectivity index (χ1) is 9.51. The van der Waals surface area contributed by atoms with E-state index in [4.69, 9.17) is 4.74 Å². The van der Waals surface area contributed by atoms with Crippen molar-refractivity contribution in [3.05, 3.63) is 40.3 Å². The highest BCUT2D eigenvalue weighted by Gasteiger charge is 2.14. The molecule has 0 spiro atoms. The number of nitrogens with one attached hydrogen (secondary N) is 1. The van der Waals surface area contributed by atoms with E-state index in [0.717, 1.165) is 9.88 Å². The van der Waals surface area contributed by atoms with Gasteiger partial charge in [-0.15, -0.1) is 11.3 Å². The van der Waals surface area contributed by atoms with Crippen LogP contribution < -0.4 is 9.46 Å². The van der Waals surface area contributed by atoms with Gasteiger partial charge in [0.1, 0.15) is 5.75 Å². The standard InChI is InChI=1S/C13H16N2O3S2/c1-3-18-11-4-6-13(7-5-11)20(16,17)15-9-12-8-14-10(2)19-12/h4-8,15H,3,9H2,1-2H3. The molecule has 0 bridgehead atoms. The van der Waals surface area contributed by atoms with Crippen molar-refractivity contribution in [1.82, 2.24) is 9.71 Å². The maximum atomic E-state index is 12.1. The number of ether oxygens (including phenoxy) is 1. The number of benzene rings is 1. The summed E-state index contributed by atoms with van der Waals surface area (Å²) < 4.78 is 32.1. The number of rotatable bonds is 6. The quantitative estimate of drug-likeness (QED) is 0.889. The van der Waals surface area contributed by atoms with Crippen molar-refractivity contribution >= 4 is 21.4 Å². The van der Waals surface area contributed by atoms with E-state index in [1.165, 1.54) is 23.5 Å². The van der Waals surface area contributed by atoms with E-state index in [-0.39, 0.29) is 11.4 Å². The molecular weight excluding hydrogens is 296 g/mol. The van der Waals surface area contributed by atoms with Crippen LogP contribution in [-0.2, 0) is 16.6 Å². The minimum Gasteiger partial charge on any atom is -0.494 e. The summed E-state index contributed by atoms with van der Waals surface area (Å²) in [5, 5.41) is 0.917. The summed E-state index contributed by atoms with van der Waals surface area (Å²) in [6.45, 7) is 4.56. The first-order valence-corrected chi connectivity index (χ1v) is 8.45. The molecule has 0 amide bonds. The average molecular weight is 312 g/mol. The van der Waals surface area contributed by atoms with Crippen molar-refractivity contribution in [2.45, 2.75) is 25.3 Å². The molecule has 2 rings (SSSR count). The van der Waals surface area contributed by atoms with E-state index in [1.54, 1.807) is 18.3 Å². The first-order valence-electron chi connectivity index (χ1n) is 6.15. The van der Waals surface area contributed by atoms with E-state index >= 15 is 0 Å². The number of thiazole rings is 1. The predicted octanol–water partition coefficient (Wildman–Crippen LogP) is 2.33. The molecule has 20 heavy (non-hydrogen) atoms. The summed E-state index contributed by atoms with van der Waals surface area (Å²) in [7, 11) is -3.51. The smallest absolute Gasteiger partial charge is 0.240 e. The molecule has 0 atom stereocenters. The fourth-order valence-corrected chi connectivity index (χ4v) is 3.45. The van der Waals surface area contributed by atoms with Crippen molar-refractivity contribution < 1.29 is 13.2 Å². The third-order valence-electron chi connectivity index (χ3n) is 2.55. The zero-order valence-electron chi connectivity index (χ0n) is 11.3. The Kier molecular flexibility index (Phi) is 4.74. The lowest BCUT2D eigenvalue weighted by Crippen LogP contribution is -2.22. The van der Waals surface area contributed by atoms with Gasteiger partial charge in [0, 0.05) is 17.6 Å². The largest absolute Gasteiger partial charge is 0.494 e. The van der Waals surface area contributed by atoms with Crippen molar-refractivity contribution in [3.8, 4) is 5.75 Å². The van der Waals surface area contributed by atoms with Gasteiger partial charge < -0.3 is 4.74 Å². The number of nitrogens with zero attached hydrogens (tertiary/aromatic N) is 1. The summed E-state index contributed by atoms with van der Waals surface area (Å²) >= 11 is 1.47. The Morgan fingerprint density at radius 2 is 2.00 bits per heavy atom. The summed E-state index contributed by atoms with van der Waals surface area (Å²) in [5.41, 5.74) is 0. The molecular formula is C13H16N2O3S2. The SMILES string of the molecule is CCOc1ccc(S(=O)(=O)NCc2cnc(C)s2)cc1. The van der Waals surface area contributed by atoms with Crippen molar-refractivity contribution in [3.63, 3.8) is 0 Å². The zero-order chi connectivity index (χ0) is 14.6. The molecule has 0 fully saturated rings. The van der Waals surface area contributed by atoms with Crippen LogP contribution in [-0.4, -0.2) is 20.0 Å². The molecule has 5 nitrogen and oxygen atoms in total. The maximum absolute atomic E-state index is 12.1. The highest BCUT2D eigenvalue weighted by Crippen LogP contribution is 2.17. The molecule has 1 heterocycles. The summed E-state index contributed by atoms with van der Waals surface area (Å²) in [4.78, 5) is 5.20. The lowest BCUT2D eigenvalue weighted by Gasteiger charge is -2.07. The fraction of sp³-hybridized carbons (Fsp3) is 0.308. The van der Waals surface area contributed by atoms with Gasteiger partial charge in [-0.05, 0) is 38.1 Å². The molecule has 1 aromatic carbocycles. The second-order valence-electron chi connectivity index (χ2n) is 4.07. The average Bonchev–Trinajstić information content (AvgIpc) is 2.84. The summed E-state index contributed by atoms with van der Waals surface area (Å²) in [6.07, 6.45) is 1.68. The molecule has 7 heteroatoms. The Hall–Kier alpha value is -1.44. The van der Waals surface area contributed by atoms with Crippen molar-refractivity contribution in [1.29, 1.82) is 0 Å².